The van der Waals surface area contributed by atoms with E-state index in [9.17, 15) is 9.59 Å². The highest BCUT2D eigenvalue weighted by molar-refractivity contribution is 5.98. The first-order valence-corrected chi connectivity index (χ1v) is 7.83. The van der Waals surface area contributed by atoms with E-state index in [1.807, 2.05) is 7.05 Å². The Hall–Kier alpha value is -1.99. The van der Waals surface area contributed by atoms with E-state index < -0.39 is 6.04 Å². The van der Waals surface area contributed by atoms with Crippen molar-refractivity contribution in [3.05, 3.63) is 23.8 Å². The largest absolute Gasteiger partial charge is 0.454 e. The quantitative estimate of drug-likeness (QED) is 0.763. The van der Waals surface area contributed by atoms with Crippen molar-refractivity contribution in [3.63, 3.8) is 0 Å². The van der Waals surface area contributed by atoms with Crippen molar-refractivity contribution in [2.45, 2.75) is 18.9 Å². The molecule has 24 heavy (non-hydrogen) atoms. The maximum absolute atomic E-state index is 12.7. The van der Waals surface area contributed by atoms with Crippen molar-refractivity contribution in [1.29, 1.82) is 0 Å². The Morgan fingerprint density at radius 2 is 2.04 bits per heavy atom. The summed E-state index contributed by atoms with van der Waals surface area (Å²) in [4.78, 5) is 26.7. The first kappa shape index (κ1) is 18.4. The number of carbonyl (C=O) groups excluding carboxylic acids is 2. The van der Waals surface area contributed by atoms with Crippen LogP contribution in [0.2, 0.25) is 0 Å². The second kappa shape index (κ2) is 8.21. The number of amides is 2. The van der Waals surface area contributed by atoms with Crippen LogP contribution in [0.25, 0.3) is 0 Å². The average molecular weight is 356 g/mol. The number of rotatable bonds is 5. The summed E-state index contributed by atoms with van der Waals surface area (Å²) in [5.74, 6) is 0.982. The van der Waals surface area contributed by atoms with Gasteiger partial charge in [-0.1, -0.05) is 0 Å². The van der Waals surface area contributed by atoms with Gasteiger partial charge in [0.05, 0.1) is 0 Å². The van der Waals surface area contributed by atoms with Crippen LogP contribution in [0.15, 0.2) is 18.2 Å². The summed E-state index contributed by atoms with van der Waals surface area (Å²) in [7, 11) is 1.83. The van der Waals surface area contributed by atoms with Crippen molar-refractivity contribution in [1.82, 2.24) is 15.5 Å². The van der Waals surface area contributed by atoms with Crippen LogP contribution in [0, 0.1) is 0 Å². The molecule has 2 heterocycles. The maximum atomic E-state index is 12.7. The van der Waals surface area contributed by atoms with Crippen molar-refractivity contribution < 1.29 is 19.1 Å². The van der Waals surface area contributed by atoms with Crippen LogP contribution in [-0.4, -0.2) is 56.2 Å². The van der Waals surface area contributed by atoms with E-state index in [0.29, 0.717) is 43.1 Å². The van der Waals surface area contributed by atoms with E-state index >= 15 is 0 Å². The fourth-order valence-electron chi connectivity index (χ4n) is 2.91. The molecule has 0 spiro atoms. The van der Waals surface area contributed by atoms with Crippen molar-refractivity contribution in [3.8, 4) is 11.5 Å². The molecule has 2 aliphatic rings. The Morgan fingerprint density at radius 1 is 1.25 bits per heavy atom. The van der Waals surface area contributed by atoms with Gasteiger partial charge in [-0.05, 0) is 38.1 Å². The van der Waals surface area contributed by atoms with Gasteiger partial charge in [0.15, 0.2) is 11.5 Å². The molecule has 1 fully saturated rings. The Morgan fingerprint density at radius 3 is 2.83 bits per heavy atom. The predicted octanol–water partition coefficient (Wildman–Crippen LogP) is 0.777. The van der Waals surface area contributed by atoms with Gasteiger partial charge in [-0.15, -0.1) is 12.4 Å². The summed E-state index contributed by atoms with van der Waals surface area (Å²) in [5.41, 5.74) is 0.518. The van der Waals surface area contributed by atoms with E-state index in [0.717, 1.165) is 6.42 Å². The molecule has 1 unspecified atom stereocenters. The number of ether oxygens (including phenoxy) is 2. The van der Waals surface area contributed by atoms with Crippen LogP contribution in [0.5, 0.6) is 11.5 Å². The standard InChI is InChI=1S/C16H21N3O4.ClH/c1-17-6-7-18-15(20)12-3-2-8-19(12)16(21)11-4-5-13-14(9-11)23-10-22-13;/h4-5,9,12,17H,2-3,6-8,10H2,1H3,(H,18,20);1H. The zero-order valence-electron chi connectivity index (χ0n) is 13.5. The molecule has 0 aromatic heterocycles. The molecule has 1 atom stereocenters. The van der Waals surface area contributed by atoms with Crippen LogP contribution in [0.1, 0.15) is 23.2 Å². The topological polar surface area (TPSA) is 79.9 Å². The summed E-state index contributed by atoms with van der Waals surface area (Å²) in [6.07, 6.45) is 1.53. The van der Waals surface area contributed by atoms with Gasteiger partial charge in [0, 0.05) is 25.2 Å². The van der Waals surface area contributed by atoms with E-state index in [1.54, 1.807) is 23.1 Å². The number of hydrogen-bond donors (Lipinski definition) is 2. The van der Waals surface area contributed by atoms with Crippen LogP contribution >= 0.6 is 12.4 Å². The van der Waals surface area contributed by atoms with Crippen LogP contribution in [0.3, 0.4) is 0 Å². The van der Waals surface area contributed by atoms with Gasteiger partial charge in [0.2, 0.25) is 12.7 Å². The molecule has 1 aromatic carbocycles. The molecule has 2 amide bonds. The molecule has 2 N–H and O–H groups in total. The molecule has 1 aromatic rings. The minimum absolute atomic E-state index is 0. The average Bonchev–Trinajstić information content (AvgIpc) is 3.22. The summed E-state index contributed by atoms with van der Waals surface area (Å²) in [6, 6.07) is 4.72. The van der Waals surface area contributed by atoms with E-state index in [1.165, 1.54) is 0 Å². The summed E-state index contributed by atoms with van der Waals surface area (Å²) < 4.78 is 10.6. The van der Waals surface area contributed by atoms with Gasteiger partial charge in [-0.3, -0.25) is 9.59 Å². The molecule has 1 saturated heterocycles. The van der Waals surface area contributed by atoms with Gasteiger partial charge >= 0.3 is 0 Å². The highest BCUT2D eigenvalue weighted by atomic mass is 35.5. The predicted molar refractivity (Wildman–Crippen MR) is 90.8 cm³/mol. The molecule has 0 radical (unpaired) electrons. The lowest BCUT2D eigenvalue weighted by Gasteiger charge is -2.24. The smallest absolute Gasteiger partial charge is 0.254 e. The fraction of sp³-hybridized carbons (Fsp3) is 0.500. The van der Waals surface area contributed by atoms with E-state index in [4.69, 9.17) is 9.47 Å². The molecule has 7 nitrogen and oxygen atoms in total. The van der Waals surface area contributed by atoms with Crippen LogP contribution < -0.4 is 20.1 Å². The van der Waals surface area contributed by atoms with Crippen LogP contribution in [-0.2, 0) is 4.79 Å². The summed E-state index contributed by atoms with van der Waals surface area (Å²) in [5, 5.41) is 5.84. The number of likely N-dealkylation sites (tertiary alicyclic amines) is 1. The molecular formula is C16H22ClN3O4. The second-order valence-electron chi connectivity index (χ2n) is 5.62. The Balaban J connectivity index is 0.00000208. The Kier molecular flexibility index (Phi) is 6.28. The van der Waals surface area contributed by atoms with Gasteiger partial charge in [-0.2, -0.15) is 0 Å². The van der Waals surface area contributed by atoms with Gasteiger partial charge < -0.3 is 25.0 Å². The third-order valence-electron chi connectivity index (χ3n) is 4.11. The first-order valence-electron chi connectivity index (χ1n) is 7.83. The number of hydrogen-bond acceptors (Lipinski definition) is 5. The van der Waals surface area contributed by atoms with Crippen molar-refractivity contribution in [2.75, 3.05) is 33.5 Å². The lowest BCUT2D eigenvalue weighted by molar-refractivity contribution is -0.124. The normalized spacial score (nSPS) is 18.2. The molecule has 8 heteroatoms. The third-order valence-corrected chi connectivity index (χ3v) is 4.11. The lowest BCUT2D eigenvalue weighted by Crippen LogP contribution is -2.47. The minimum atomic E-state index is -0.398. The molecule has 132 valence electrons. The molecule has 0 saturated carbocycles. The Bertz CT molecular complexity index is 611. The summed E-state index contributed by atoms with van der Waals surface area (Å²) >= 11 is 0. The zero-order valence-corrected chi connectivity index (χ0v) is 14.4. The number of nitrogens with zero attached hydrogens (tertiary/aromatic N) is 1. The van der Waals surface area contributed by atoms with Gasteiger partial charge in [0.1, 0.15) is 6.04 Å². The van der Waals surface area contributed by atoms with Crippen molar-refractivity contribution in [2.24, 2.45) is 0 Å². The third kappa shape index (κ3) is 3.73. The maximum Gasteiger partial charge on any atom is 0.254 e. The zero-order chi connectivity index (χ0) is 16.2. The number of likely N-dealkylation sites (N-methyl/N-ethyl adjacent to an activating group) is 1. The van der Waals surface area contributed by atoms with Crippen molar-refractivity contribution >= 4 is 24.2 Å². The molecule has 0 aliphatic carbocycles. The number of halogens is 1. The highest BCUT2D eigenvalue weighted by Gasteiger charge is 2.34. The van der Waals surface area contributed by atoms with E-state index in [2.05, 4.69) is 10.6 Å². The van der Waals surface area contributed by atoms with Crippen LogP contribution in [0.4, 0.5) is 0 Å². The Labute approximate surface area is 147 Å². The first-order chi connectivity index (χ1) is 11.2. The SMILES string of the molecule is CNCCNC(=O)C1CCCN1C(=O)c1ccc2c(c1)OCO2.Cl. The molecule has 2 aliphatic heterocycles. The number of fused-ring (bicyclic) bond motifs is 1. The fourth-order valence-corrected chi connectivity index (χ4v) is 2.91. The monoisotopic (exact) mass is 355 g/mol. The highest BCUT2D eigenvalue weighted by Crippen LogP contribution is 2.33. The van der Waals surface area contributed by atoms with Gasteiger partial charge in [-0.25, -0.2) is 0 Å². The van der Waals surface area contributed by atoms with E-state index in [-0.39, 0.29) is 31.0 Å². The number of nitrogens with one attached hydrogen (secondary N) is 2. The second-order valence-corrected chi connectivity index (χ2v) is 5.62. The van der Waals surface area contributed by atoms with Gasteiger partial charge in [0.25, 0.3) is 5.91 Å². The lowest BCUT2D eigenvalue weighted by atomic mass is 10.1. The molecule has 0 bridgehead atoms. The summed E-state index contributed by atoms with van der Waals surface area (Å²) in [6.45, 7) is 2.02. The molecule has 3 rings (SSSR count). The number of benzene rings is 1. The molecular weight excluding hydrogens is 334 g/mol. The minimum Gasteiger partial charge on any atom is -0.454 e. The number of carbonyl (C=O) groups is 2.